The number of methoxy groups -OCH3 is 1. The van der Waals surface area contributed by atoms with Gasteiger partial charge in [-0.05, 0) is 42.3 Å². The van der Waals surface area contributed by atoms with E-state index < -0.39 is 0 Å². The Balaban J connectivity index is 1.57. The van der Waals surface area contributed by atoms with Gasteiger partial charge in [0.15, 0.2) is 0 Å². The van der Waals surface area contributed by atoms with Crippen LogP contribution in [0.2, 0.25) is 0 Å². The minimum atomic E-state index is -0.237. The number of ether oxygens (including phenoxy) is 1. The monoisotopic (exact) mass is 372 g/mol. The lowest BCUT2D eigenvalue weighted by atomic mass is 10.1. The highest BCUT2D eigenvalue weighted by atomic mass is 16.5. The number of nitrogens with zero attached hydrogens (tertiary/aromatic N) is 2. The molecule has 1 heterocycles. The van der Waals surface area contributed by atoms with Crippen molar-refractivity contribution in [1.29, 1.82) is 5.26 Å². The van der Waals surface area contributed by atoms with Gasteiger partial charge in [-0.15, -0.1) is 0 Å². The number of pyridine rings is 1. The van der Waals surface area contributed by atoms with Gasteiger partial charge in [-0.3, -0.25) is 4.79 Å². The van der Waals surface area contributed by atoms with E-state index in [2.05, 4.69) is 21.7 Å². The van der Waals surface area contributed by atoms with Crippen molar-refractivity contribution in [3.8, 4) is 11.8 Å². The molecule has 0 bridgehead atoms. The van der Waals surface area contributed by atoms with Gasteiger partial charge in [-0.2, -0.15) is 5.26 Å². The molecule has 0 saturated heterocycles. The van der Waals surface area contributed by atoms with Crippen LogP contribution in [-0.4, -0.2) is 24.5 Å². The number of nitriles is 1. The molecule has 0 aliphatic rings. The first kappa shape index (κ1) is 18.9. The van der Waals surface area contributed by atoms with Crippen molar-refractivity contribution in [1.82, 2.24) is 10.3 Å². The number of carbonyl (C=O) groups is 1. The summed E-state index contributed by atoms with van der Waals surface area (Å²) in [6, 6.07) is 20.5. The number of carbonyl (C=O) groups excluding carboxylic acids is 1. The lowest BCUT2D eigenvalue weighted by Crippen LogP contribution is -2.26. The topological polar surface area (TPSA) is 87.0 Å². The number of rotatable bonds is 7. The largest absolute Gasteiger partial charge is 0.496 e. The van der Waals surface area contributed by atoms with E-state index in [0.29, 0.717) is 35.6 Å². The molecule has 1 aromatic heterocycles. The Morgan fingerprint density at radius 3 is 2.64 bits per heavy atom. The molecule has 0 unspecified atom stereocenters. The number of aromatic nitrogens is 1. The summed E-state index contributed by atoms with van der Waals surface area (Å²) in [5, 5.41) is 15.1. The molecule has 28 heavy (non-hydrogen) atoms. The van der Waals surface area contributed by atoms with Gasteiger partial charge in [0.1, 0.15) is 17.5 Å². The number of nitrogens with one attached hydrogen (secondary N) is 2. The fourth-order valence-corrected chi connectivity index (χ4v) is 2.76. The molecule has 0 fully saturated rings. The van der Waals surface area contributed by atoms with Crippen molar-refractivity contribution in [2.45, 2.75) is 6.42 Å². The van der Waals surface area contributed by atoms with Crippen molar-refractivity contribution >= 4 is 17.3 Å². The van der Waals surface area contributed by atoms with Crippen LogP contribution in [0.15, 0.2) is 66.9 Å². The summed E-state index contributed by atoms with van der Waals surface area (Å²) < 4.78 is 5.31. The molecule has 0 aliphatic heterocycles. The molecule has 6 nitrogen and oxygen atoms in total. The lowest BCUT2D eigenvalue weighted by molar-refractivity contribution is 0.0949. The third-order valence-electron chi connectivity index (χ3n) is 4.20. The smallest absolute Gasteiger partial charge is 0.269 e. The second-order valence-corrected chi connectivity index (χ2v) is 6.03. The standard InChI is InChI=1S/C22H20N4O2/c1-28-21-9-5-3-6-16(21)12-13-24-22(27)20-11-10-18(15-25-20)26-19-8-4-2-7-17(19)14-23/h2-11,15,26H,12-13H2,1H3,(H,24,27). The molecule has 2 N–H and O–H groups in total. The second kappa shape index (κ2) is 9.19. The van der Waals surface area contributed by atoms with E-state index in [1.54, 1.807) is 37.6 Å². The zero-order valence-electron chi connectivity index (χ0n) is 15.5. The first-order chi connectivity index (χ1) is 13.7. The molecule has 0 atom stereocenters. The molecular formula is C22H20N4O2. The normalized spacial score (nSPS) is 10.0. The maximum Gasteiger partial charge on any atom is 0.269 e. The predicted molar refractivity (Wildman–Crippen MR) is 108 cm³/mol. The first-order valence-corrected chi connectivity index (χ1v) is 8.83. The van der Waals surface area contributed by atoms with E-state index in [9.17, 15) is 4.79 Å². The van der Waals surface area contributed by atoms with Crippen LogP contribution in [0.25, 0.3) is 0 Å². The highest BCUT2D eigenvalue weighted by molar-refractivity contribution is 5.92. The van der Waals surface area contributed by atoms with E-state index in [1.807, 2.05) is 36.4 Å². The van der Waals surface area contributed by atoms with Crippen LogP contribution in [0.1, 0.15) is 21.6 Å². The average Bonchev–Trinajstić information content (AvgIpc) is 2.75. The molecular weight excluding hydrogens is 352 g/mol. The van der Waals surface area contributed by atoms with Crippen LogP contribution < -0.4 is 15.4 Å². The summed E-state index contributed by atoms with van der Waals surface area (Å²) in [6.07, 6.45) is 2.24. The minimum Gasteiger partial charge on any atom is -0.496 e. The van der Waals surface area contributed by atoms with Crippen LogP contribution in [0, 0.1) is 11.3 Å². The van der Waals surface area contributed by atoms with Crippen LogP contribution in [-0.2, 0) is 6.42 Å². The molecule has 0 radical (unpaired) electrons. The van der Waals surface area contributed by atoms with Gasteiger partial charge in [0.05, 0.1) is 30.2 Å². The van der Waals surface area contributed by atoms with Crippen LogP contribution in [0.3, 0.4) is 0 Å². The Morgan fingerprint density at radius 1 is 1.11 bits per heavy atom. The molecule has 0 aliphatic carbocycles. The summed E-state index contributed by atoms with van der Waals surface area (Å²) in [7, 11) is 1.63. The van der Waals surface area contributed by atoms with E-state index in [4.69, 9.17) is 10.00 Å². The number of hydrogen-bond donors (Lipinski definition) is 2. The zero-order valence-corrected chi connectivity index (χ0v) is 15.5. The molecule has 140 valence electrons. The summed E-state index contributed by atoms with van der Waals surface area (Å²) >= 11 is 0. The Hall–Kier alpha value is -3.85. The van der Waals surface area contributed by atoms with E-state index in [-0.39, 0.29) is 5.91 Å². The van der Waals surface area contributed by atoms with Crippen molar-refractivity contribution in [2.75, 3.05) is 19.0 Å². The Kier molecular flexibility index (Phi) is 6.21. The van der Waals surface area contributed by atoms with E-state index in [1.165, 1.54) is 0 Å². The van der Waals surface area contributed by atoms with Gasteiger partial charge in [0.2, 0.25) is 0 Å². The number of benzene rings is 2. The van der Waals surface area contributed by atoms with Crippen molar-refractivity contribution in [2.24, 2.45) is 0 Å². The van der Waals surface area contributed by atoms with Crippen molar-refractivity contribution in [3.63, 3.8) is 0 Å². The molecule has 3 rings (SSSR count). The van der Waals surface area contributed by atoms with Gasteiger partial charge < -0.3 is 15.4 Å². The summed E-state index contributed by atoms with van der Waals surface area (Å²) in [5.74, 6) is 0.571. The van der Waals surface area contributed by atoms with Crippen molar-refractivity contribution < 1.29 is 9.53 Å². The number of hydrogen-bond acceptors (Lipinski definition) is 5. The third-order valence-corrected chi connectivity index (χ3v) is 4.20. The maximum absolute atomic E-state index is 12.3. The third kappa shape index (κ3) is 4.65. The maximum atomic E-state index is 12.3. The van der Waals surface area contributed by atoms with Crippen molar-refractivity contribution in [3.05, 3.63) is 83.7 Å². The molecule has 6 heteroatoms. The Bertz CT molecular complexity index is 994. The predicted octanol–water partition coefficient (Wildman–Crippen LogP) is 3.68. The van der Waals surface area contributed by atoms with E-state index in [0.717, 1.165) is 11.3 Å². The quantitative estimate of drug-likeness (QED) is 0.661. The highest BCUT2D eigenvalue weighted by Crippen LogP contribution is 2.20. The fraction of sp³-hybridized carbons (Fsp3) is 0.136. The molecule has 3 aromatic rings. The highest BCUT2D eigenvalue weighted by Gasteiger charge is 2.08. The molecule has 1 amide bonds. The van der Waals surface area contributed by atoms with Crippen LogP contribution in [0.4, 0.5) is 11.4 Å². The van der Waals surface area contributed by atoms with Crippen LogP contribution >= 0.6 is 0 Å². The SMILES string of the molecule is COc1ccccc1CCNC(=O)c1ccc(Nc2ccccc2C#N)cn1. The summed E-state index contributed by atoms with van der Waals surface area (Å²) in [6.45, 7) is 0.483. The lowest BCUT2D eigenvalue weighted by Gasteiger charge is -2.10. The molecule has 0 saturated carbocycles. The minimum absolute atomic E-state index is 0.237. The molecule has 2 aromatic carbocycles. The Morgan fingerprint density at radius 2 is 1.89 bits per heavy atom. The zero-order chi connectivity index (χ0) is 19.8. The van der Waals surface area contributed by atoms with Gasteiger partial charge in [-0.1, -0.05) is 30.3 Å². The Labute approximate surface area is 163 Å². The fourth-order valence-electron chi connectivity index (χ4n) is 2.76. The first-order valence-electron chi connectivity index (χ1n) is 8.83. The van der Waals surface area contributed by atoms with Gasteiger partial charge in [-0.25, -0.2) is 4.98 Å². The molecule has 0 spiro atoms. The van der Waals surface area contributed by atoms with Gasteiger partial charge in [0, 0.05) is 6.54 Å². The van der Waals surface area contributed by atoms with Gasteiger partial charge in [0.25, 0.3) is 5.91 Å². The van der Waals surface area contributed by atoms with E-state index >= 15 is 0 Å². The number of anilines is 2. The average molecular weight is 372 g/mol. The van der Waals surface area contributed by atoms with Crippen LogP contribution in [0.5, 0.6) is 5.75 Å². The number of amides is 1. The summed E-state index contributed by atoms with van der Waals surface area (Å²) in [5.41, 5.74) is 3.31. The summed E-state index contributed by atoms with van der Waals surface area (Å²) in [4.78, 5) is 16.5. The van der Waals surface area contributed by atoms with Gasteiger partial charge >= 0.3 is 0 Å². The second-order valence-electron chi connectivity index (χ2n) is 6.03. The number of para-hydroxylation sites is 2.